The van der Waals surface area contributed by atoms with E-state index in [4.69, 9.17) is 9.73 Å². The number of aliphatic imine (C=N–C) groups is 1. The van der Waals surface area contributed by atoms with Crippen LogP contribution in [0.3, 0.4) is 0 Å². The SMILES string of the molecule is CCNC(=NCc1ccc(CN2CCOCC2)cc1)NCC(CC)CC.I. The number of halogens is 1. The van der Waals surface area contributed by atoms with Gasteiger partial charge in [-0.05, 0) is 24.0 Å². The van der Waals surface area contributed by atoms with Crippen LogP contribution in [0.5, 0.6) is 0 Å². The van der Waals surface area contributed by atoms with Crippen molar-refractivity contribution >= 4 is 29.9 Å². The molecule has 0 radical (unpaired) electrons. The van der Waals surface area contributed by atoms with Crippen molar-refractivity contribution in [2.75, 3.05) is 39.4 Å². The summed E-state index contributed by atoms with van der Waals surface area (Å²) in [5.41, 5.74) is 2.61. The Morgan fingerprint density at radius 2 is 1.67 bits per heavy atom. The van der Waals surface area contributed by atoms with E-state index in [-0.39, 0.29) is 24.0 Å². The summed E-state index contributed by atoms with van der Waals surface area (Å²) in [6.45, 7) is 13.9. The van der Waals surface area contributed by atoms with E-state index >= 15 is 0 Å². The van der Waals surface area contributed by atoms with Crippen LogP contribution in [0, 0.1) is 5.92 Å². The summed E-state index contributed by atoms with van der Waals surface area (Å²) in [6, 6.07) is 8.85. The van der Waals surface area contributed by atoms with Crippen molar-refractivity contribution in [1.82, 2.24) is 15.5 Å². The average molecular weight is 488 g/mol. The van der Waals surface area contributed by atoms with Crippen molar-refractivity contribution in [2.45, 2.75) is 46.7 Å². The van der Waals surface area contributed by atoms with Gasteiger partial charge in [0.1, 0.15) is 0 Å². The van der Waals surface area contributed by atoms with E-state index in [1.807, 2.05) is 0 Å². The van der Waals surface area contributed by atoms with Gasteiger partial charge in [0, 0.05) is 32.7 Å². The Kier molecular flexibility index (Phi) is 12.7. The first-order valence-corrected chi connectivity index (χ1v) is 10.1. The van der Waals surface area contributed by atoms with Crippen LogP contribution >= 0.6 is 24.0 Å². The Balaban J connectivity index is 0.00000364. The highest BCUT2D eigenvalue weighted by Gasteiger charge is 2.10. The largest absolute Gasteiger partial charge is 0.379 e. The predicted octanol–water partition coefficient (Wildman–Crippen LogP) is 3.63. The molecule has 5 nitrogen and oxygen atoms in total. The molecule has 0 spiro atoms. The molecule has 0 amide bonds. The van der Waals surface area contributed by atoms with Gasteiger partial charge in [0.05, 0.1) is 19.8 Å². The van der Waals surface area contributed by atoms with Gasteiger partial charge in [-0.25, -0.2) is 4.99 Å². The molecule has 2 N–H and O–H groups in total. The molecule has 27 heavy (non-hydrogen) atoms. The van der Waals surface area contributed by atoms with Crippen molar-refractivity contribution in [3.8, 4) is 0 Å². The molecule has 0 saturated carbocycles. The molecule has 1 aromatic rings. The van der Waals surface area contributed by atoms with Gasteiger partial charge in [0.25, 0.3) is 0 Å². The minimum absolute atomic E-state index is 0. The van der Waals surface area contributed by atoms with Crippen molar-refractivity contribution in [3.63, 3.8) is 0 Å². The Hall–Kier alpha value is -0.860. The Bertz CT molecular complexity index is 525. The van der Waals surface area contributed by atoms with Crippen LogP contribution in [-0.4, -0.2) is 50.3 Å². The second-order valence-corrected chi connectivity index (χ2v) is 6.96. The number of benzene rings is 1. The molecular formula is C21H37IN4O. The molecule has 1 heterocycles. The lowest BCUT2D eigenvalue weighted by atomic mass is 10.0. The maximum atomic E-state index is 5.41. The van der Waals surface area contributed by atoms with E-state index < -0.39 is 0 Å². The van der Waals surface area contributed by atoms with E-state index in [0.29, 0.717) is 12.5 Å². The topological polar surface area (TPSA) is 48.9 Å². The normalized spacial score (nSPS) is 15.5. The zero-order valence-electron chi connectivity index (χ0n) is 17.2. The van der Waals surface area contributed by atoms with Crippen LogP contribution in [0.25, 0.3) is 0 Å². The highest BCUT2D eigenvalue weighted by Crippen LogP contribution is 2.10. The molecular weight excluding hydrogens is 451 g/mol. The molecule has 0 atom stereocenters. The number of hydrogen-bond donors (Lipinski definition) is 2. The molecule has 0 bridgehead atoms. The lowest BCUT2D eigenvalue weighted by molar-refractivity contribution is 0.0342. The average Bonchev–Trinajstić information content (AvgIpc) is 2.68. The maximum Gasteiger partial charge on any atom is 0.191 e. The summed E-state index contributed by atoms with van der Waals surface area (Å²) in [5, 5.41) is 6.82. The number of nitrogens with one attached hydrogen (secondary N) is 2. The monoisotopic (exact) mass is 488 g/mol. The zero-order valence-corrected chi connectivity index (χ0v) is 19.5. The van der Waals surface area contributed by atoms with Crippen LogP contribution in [-0.2, 0) is 17.8 Å². The first-order chi connectivity index (χ1) is 12.7. The molecule has 0 aliphatic carbocycles. The molecule has 0 unspecified atom stereocenters. The van der Waals surface area contributed by atoms with Gasteiger partial charge in [-0.15, -0.1) is 24.0 Å². The van der Waals surface area contributed by atoms with E-state index in [1.54, 1.807) is 0 Å². The lowest BCUT2D eigenvalue weighted by Gasteiger charge is -2.26. The number of morpholine rings is 1. The van der Waals surface area contributed by atoms with Crippen molar-refractivity contribution in [1.29, 1.82) is 0 Å². The van der Waals surface area contributed by atoms with E-state index in [0.717, 1.165) is 51.9 Å². The molecule has 1 saturated heterocycles. The molecule has 6 heteroatoms. The Labute approximate surface area is 182 Å². The van der Waals surface area contributed by atoms with Gasteiger partial charge < -0.3 is 15.4 Å². The third-order valence-corrected chi connectivity index (χ3v) is 5.01. The van der Waals surface area contributed by atoms with E-state index in [1.165, 1.54) is 24.0 Å². The van der Waals surface area contributed by atoms with Crippen LogP contribution in [0.15, 0.2) is 29.3 Å². The minimum atomic E-state index is 0. The van der Waals surface area contributed by atoms with Crippen LogP contribution in [0.2, 0.25) is 0 Å². The summed E-state index contributed by atoms with van der Waals surface area (Å²) >= 11 is 0. The number of ether oxygens (including phenoxy) is 1. The fourth-order valence-corrected chi connectivity index (χ4v) is 3.10. The van der Waals surface area contributed by atoms with E-state index in [2.05, 4.69) is 60.6 Å². The van der Waals surface area contributed by atoms with Crippen molar-refractivity contribution < 1.29 is 4.74 Å². The van der Waals surface area contributed by atoms with Crippen LogP contribution < -0.4 is 10.6 Å². The molecule has 1 aromatic carbocycles. The first kappa shape index (κ1) is 24.2. The molecule has 1 aliphatic heterocycles. The molecule has 0 aromatic heterocycles. The zero-order chi connectivity index (χ0) is 18.6. The van der Waals surface area contributed by atoms with Crippen molar-refractivity contribution in [3.05, 3.63) is 35.4 Å². The summed E-state index contributed by atoms with van der Waals surface area (Å²) in [5.74, 6) is 1.62. The van der Waals surface area contributed by atoms with Gasteiger partial charge in [0.2, 0.25) is 0 Å². The second kappa shape index (κ2) is 14.2. The quantitative estimate of drug-likeness (QED) is 0.317. The lowest BCUT2D eigenvalue weighted by Crippen LogP contribution is -2.39. The molecule has 1 aliphatic rings. The van der Waals surface area contributed by atoms with Crippen molar-refractivity contribution in [2.24, 2.45) is 10.9 Å². The number of hydrogen-bond acceptors (Lipinski definition) is 3. The third kappa shape index (κ3) is 9.25. The summed E-state index contributed by atoms with van der Waals surface area (Å²) < 4.78 is 5.41. The number of rotatable bonds is 9. The summed E-state index contributed by atoms with van der Waals surface area (Å²) in [4.78, 5) is 7.18. The van der Waals surface area contributed by atoms with Gasteiger partial charge >= 0.3 is 0 Å². The number of nitrogens with zero attached hydrogens (tertiary/aromatic N) is 2. The van der Waals surface area contributed by atoms with Crippen LogP contribution in [0.1, 0.15) is 44.7 Å². The highest BCUT2D eigenvalue weighted by molar-refractivity contribution is 14.0. The van der Waals surface area contributed by atoms with Gasteiger partial charge in [-0.1, -0.05) is 51.0 Å². The molecule has 1 fully saturated rings. The van der Waals surface area contributed by atoms with Gasteiger partial charge in [0.15, 0.2) is 5.96 Å². The van der Waals surface area contributed by atoms with Gasteiger partial charge in [-0.3, -0.25) is 4.90 Å². The van der Waals surface area contributed by atoms with E-state index in [9.17, 15) is 0 Å². The minimum Gasteiger partial charge on any atom is -0.379 e. The fourth-order valence-electron chi connectivity index (χ4n) is 3.10. The number of guanidine groups is 1. The predicted molar refractivity (Wildman–Crippen MR) is 125 cm³/mol. The fraction of sp³-hybridized carbons (Fsp3) is 0.667. The molecule has 2 rings (SSSR count). The Morgan fingerprint density at radius 1 is 1.04 bits per heavy atom. The maximum absolute atomic E-state index is 5.41. The molecule has 154 valence electrons. The smallest absolute Gasteiger partial charge is 0.191 e. The summed E-state index contributed by atoms with van der Waals surface area (Å²) in [6.07, 6.45) is 2.40. The first-order valence-electron chi connectivity index (χ1n) is 10.1. The van der Waals surface area contributed by atoms with Crippen LogP contribution in [0.4, 0.5) is 0 Å². The standard InChI is InChI=1S/C21H36N4O.HI/c1-4-18(5-2)15-23-21(22-6-3)24-16-19-7-9-20(10-8-19)17-25-11-13-26-14-12-25;/h7-10,18H,4-6,11-17H2,1-3H3,(H2,22,23,24);1H. The van der Waals surface area contributed by atoms with Gasteiger partial charge in [-0.2, -0.15) is 0 Å². The second-order valence-electron chi connectivity index (χ2n) is 6.96. The Morgan fingerprint density at radius 3 is 2.26 bits per heavy atom. The highest BCUT2D eigenvalue weighted by atomic mass is 127. The third-order valence-electron chi connectivity index (χ3n) is 5.01. The summed E-state index contributed by atoms with van der Waals surface area (Å²) in [7, 11) is 0.